The van der Waals surface area contributed by atoms with Crippen LogP contribution in [0.4, 0.5) is 0 Å². The molecule has 1 N–H and O–H groups in total. The van der Waals surface area contributed by atoms with E-state index in [1.54, 1.807) is 19.9 Å². The van der Waals surface area contributed by atoms with Crippen molar-refractivity contribution in [1.82, 2.24) is 0 Å². The minimum atomic E-state index is -0.431. The molecule has 0 unspecified atom stereocenters. The molecule has 0 amide bonds. The number of methoxy groups -OCH3 is 2. The Kier molecular flexibility index (Phi) is 5.23. The number of rotatable bonds is 5. The van der Waals surface area contributed by atoms with E-state index in [0.717, 1.165) is 0 Å². The van der Waals surface area contributed by atoms with Gasteiger partial charge in [-0.1, -0.05) is 0 Å². The van der Waals surface area contributed by atoms with Crippen molar-refractivity contribution in [2.24, 2.45) is 0 Å². The minimum absolute atomic E-state index is 0.0279. The molecule has 0 atom stereocenters. The Balaban J connectivity index is 3.19. The summed E-state index contributed by atoms with van der Waals surface area (Å²) in [5.74, 6) is 0.431. The van der Waals surface area contributed by atoms with Crippen LogP contribution in [0.3, 0.4) is 0 Å². The van der Waals surface area contributed by atoms with Crippen LogP contribution in [0.15, 0.2) is 17.7 Å². The molecule has 1 rings (SSSR count). The lowest BCUT2D eigenvalue weighted by Gasteiger charge is -2.10. The summed E-state index contributed by atoms with van der Waals surface area (Å²) < 4.78 is 15.1. The highest BCUT2D eigenvalue weighted by Crippen LogP contribution is 2.34. The van der Waals surface area contributed by atoms with Gasteiger partial charge in [0, 0.05) is 17.7 Å². The quantitative estimate of drug-likeness (QED) is 0.654. The summed E-state index contributed by atoms with van der Waals surface area (Å²) in [6, 6.07) is 3.08. The van der Waals surface area contributed by atoms with Gasteiger partial charge in [-0.15, -0.1) is 0 Å². The number of aromatic hydroxyl groups is 1. The summed E-state index contributed by atoms with van der Waals surface area (Å²) in [6.07, 6.45) is 1.52. The number of ether oxygens (including phenoxy) is 3. The van der Waals surface area contributed by atoms with Crippen LogP contribution in [0.1, 0.15) is 19.4 Å². The molecule has 5 heteroatoms. The smallest absolute Gasteiger partial charge is 0.333 e. The SMILES string of the molecule is CCOC(=O)C(C)=Cc1c(O)cc(OC)cc1OC. The molecule has 0 saturated heterocycles. The van der Waals surface area contributed by atoms with Crippen molar-refractivity contribution in [1.29, 1.82) is 0 Å². The maximum Gasteiger partial charge on any atom is 0.333 e. The molecule has 0 bridgehead atoms. The normalized spacial score (nSPS) is 11.1. The Labute approximate surface area is 112 Å². The number of carbonyl (C=O) groups excluding carboxylic acids is 1. The van der Waals surface area contributed by atoms with E-state index in [4.69, 9.17) is 14.2 Å². The zero-order valence-corrected chi connectivity index (χ0v) is 11.5. The van der Waals surface area contributed by atoms with Gasteiger partial charge in [-0.25, -0.2) is 4.79 Å². The van der Waals surface area contributed by atoms with E-state index in [1.165, 1.54) is 26.4 Å². The number of benzene rings is 1. The highest BCUT2D eigenvalue weighted by molar-refractivity contribution is 5.94. The highest BCUT2D eigenvalue weighted by atomic mass is 16.5. The van der Waals surface area contributed by atoms with Crippen molar-refractivity contribution in [3.05, 3.63) is 23.3 Å². The van der Waals surface area contributed by atoms with Crippen molar-refractivity contribution in [3.63, 3.8) is 0 Å². The Morgan fingerprint density at radius 1 is 1.32 bits per heavy atom. The van der Waals surface area contributed by atoms with E-state index in [1.807, 2.05) is 0 Å². The second-order valence-corrected chi connectivity index (χ2v) is 3.81. The van der Waals surface area contributed by atoms with Crippen LogP contribution in [0.25, 0.3) is 6.08 Å². The van der Waals surface area contributed by atoms with E-state index < -0.39 is 5.97 Å². The first-order valence-electron chi connectivity index (χ1n) is 5.83. The highest BCUT2D eigenvalue weighted by Gasteiger charge is 2.12. The second kappa shape index (κ2) is 6.68. The predicted octanol–water partition coefficient (Wildman–Crippen LogP) is 2.38. The van der Waals surface area contributed by atoms with E-state index in [2.05, 4.69) is 0 Å². The topological polar surface area (TPSA) is 65.0 Å². The maximum atomic E-state index is 11.5. The third-order valence-corrected chi connectivity index (χ3v) is 2.51. The molecule has 19 heavy (non-hydrogen) atoms. The first kappa shape index (κ1) is 14.9. The van der Waals surface area contributed by atoms with Gasteiger partial charge in [0.25, 0.3) is 0 Å². The van der Waals surface area contributed by atoms with Crippen LogP contribution in [0, 0.1) is 0 Å². The molecule has 104 valence electrons. The third-order valence-electron chi connectivity index (χ3n) is 2.51. The van der Waals surface area contributed by atoms with Gasteiger partial charge in [-0.3, -0.25) is 0 Å². The number of carbonyl (C=O) groups is 1. The molecule has 0 radical (unpaired) electrons. The number of hydrogen-bond donors (Lipinski definition) is 1. The van der Waals surface area contributed by atoms with Crippen LogP contribution in [-0.2, 0) is 9.53 Å². The van der Waals surface area contributed by atoms with Gasteiger partial charge in [0.2, 0.25) is 0 Å². The Hall–Kier alpha value is -2.17. The van der Waals surface area contributed by atoms with Gasteiger partial charge in [0.15, 0.2) is 0 Å². The van der Waals surface area contributed by atoms with Crippen LogP contribution in [0.2, 0.25) is 0 Å². The van der Waals surface area contributed by atoms with Gasteiger partial charge < -0.3 is 19.3 Å². The fourth-order valence-corrected chi connectivity index (χ4v) is 1.54. The molecule has 1 aromatic rings. The average molecular weight is 266 g/mol. The fourth-order valence-electron chi connectivity index (χ4n) is 1.54. The molecule has 5 nitrogen and oxygen atoms in total. The van der Waals surface area contributed by atoms with Crippen LogP contribution in [0.5, 0.6) is 17.2 Å². The average Bonchev–Trinajstić information content (AvgIpc) is 2.40. The molecule has 0 heterocycles. The Morgan fingerprint density at radius 3 is 2.53 bits per heavy atom. The zero-order chi connectivity index (χ0) is 14.4. The van der Waals surface area contributed by atoms with Crippen molar-refractivity contribution >= 4 is 12.0 Å². The first-order valence-corrected chi connectivity index (χ1v) is 5.83. The van der Waals surface area contributed by atoms with Gasteiger partial charge >= 0.3 is 5.97 Å². The number of esters is 1. The molecule has 0 aromatic heterocycles. The van der Waals surface area contributed by atoms with Crippen molar-refractivity contribution in [3.8, 4) is 17.2 Å². The number of hydrogen-bond acceptors (Lipinski definition) is 5. The predicted molar refractivity (Wildman–Crippen MR) is 71.5 cm³/mol. The Bertz CT molecular complexity index is 491. The summed E-state index contributed by atoms with van der Waals surface area (Å²) in [5.41, 5.74) is 0.787. The Morgan fingerprint density at radius 2 is 2.00 bits per heavy atom. The monoisotopic (exact) mass is 266 g/mol. The lowest BCUT2D eigenvalue weighted by molar-refractivity contribution is -0.138. The largest absolute Gasteiger partial charge is 0.507 e. The summed E-state index contributed by atoms with van der Waals surface area (Å²) in [6.45, 7) is 3.65. The van der Waals surface area contributed by atoms with Gasteiger partial charge in [-0.05, 0) is 19.9 Å². The van der Waals surface area contributed by atoms with E-state index in [9.17, 15) is 9.90 Å². The van der Waals surface area contributed by atoms with Crippen molar-refractivity contribution in [2.45, 2.75) is 13.8 Å². The molecule has 1 aromatic carbocycles. The summed E-state index contributed by atoms with van der Waals surface area (Å²) in [4.78, 5) is 11.5. The fraction of sp³-hybridized carbons (Fsp3) is 0.357. The van der Waals surface area contributed by atoms with E-state index >= 15 is 0 Å². The molecular weight excluding hydrogens is 248 g/mol. The third kappa shape index (κ3) is 3.64. The summed E-state index contributed by atoms with van der Waals surface area (Å²) >= 11 is 0. The lowest BCUT2D eigenvalue weighted by Crippen LogP contribution is -2.05. The summed E-state index contributed by atoms with van der Waals surface area (Å²) in [5, 5.41) is 9.94. The number of phenols is 1. The lowest BCUT2D eigenvalue weighted by atomic mass is 10.1. The molecule has 0 aliphatic rings. The standard InChI is InChI=1S/C14H18O5/c1-5-19-14(16)9(2)6-11-12(15)7-10(17-3)8-13(11)18-4/h6-8,15H,5H2,1-4H3. The first-order chi connectivity index (χ1) is 9.03. The molecule has 0 saturated carbocycles. The number of phenolic OH excluding ortho intramolecular Hbond substituents is 1. The molecular formula is C14H18O5. The molecule has 0 aliphatic heterocycles. The molecule has 0 fully saturated rings. The van der Waals surface area contributed by atoms with Crippen molar-refractivity contribution < 1.29 is 24.1 Å². The molecule has 0 aliphatic carbocycles. The van der Waals surface area contributed by atoms with E-state index in [0.29, 0.717) is 29.2 Å². The molecule has 0 spiro atoms. The van der Waals surface area contributed by atoms with Gasteiger partial charge in [0.05, 0.1) is 26.4 Å². The van der Waals surface area contributed by atoms with Crippen LogP contribution < -0.4 is 9.47 Å². The van der Waals surface area contributed by atoms with Gasteiger partial charge in [-0.2, -0.15) is 0 Å². The van der Waals surface area contributed by atoms with E-state index in [-0.39, 0.29) is 5.75 Å². The minimum Gasteiger partial charge on any atom is -0.507 e. The second-order valence-electron chi connectivity index (χ2n) is 3.81. The maximum absolute atomic E-state index is 11.5. The van der Waals surface area contributed by atoms with Crippen molar-refractivity contribution in [2.75, 3.05) is 20.8 Å². The zero-order valence-electron chi connectivity index (χ0n) is 11.5. The van der Waals surface area contributed by atoms with Crippen LogP contribution >= 0.6 is 0 Å². The summed E-state index contributed by atoms with van der Waals surface area (Å²) in [7, 11) is 2.97. The van der Waals surface area contributed by atoms with Gasteiger partial charge in [0.1, 0.15) is 17.2 Å². The van der Waals surface area contributed by atoms with Crippen LogP contribution in [-0.4, -0.2) is 31.9 Å².